The van der Waals surface area contributed by atoms with Gasteiger partial charge in [-0.1, -0.05) is 200 Å². The van der Waals surface area contributed by atoms with Gasteiger partial charge in [-0.15, -0.1) is 0 Å². The summed E-state index contributed by atoms with van der Waals surface area (Å²) in [6.45, 7) is 0. The molecule has 0 bridgehead atoms. The van der Waals surface area contributed by atoms with Crippen molar-refractivity contribution in [1.82, 2.24) is 0 Å². The third-order valence-corrected chi connectivity index (χ3v) is 11.9. The standard InChI is InChI=1S/C58H39N/c1-2-12-40(13-3-1)41-22-24-42(25-23-41)43-30-34-50(35-31-43)59(57-20-10-8-18-55(57)48-32-36-53-46(38-48)28-26-44-14-4-6-16-51(44)53)58-21-11-9-19-56(58)49-33-37-54-47(39-49)29-27-45-15-5-7-17-52(45)54/h1-39H. The highest BCUT2D eigenvalue weighted by Crippen LogP contribution is 2.46. The highest BCUT2D eigenvalue weighted by Gasteiger charge is 2.21. The molecule has 1 nitrogen and oxygen atoms in total. The Balaban J connectivity index is 1.06. The monoisotopic (exact) mass is 749 g/mol. The minimum Gasteiger partial charge on any atom is -0.309 e. The van der Waals surface area contributed by atoms with Crippen LogP contribution in [0.1, 0.15) is 0 Å². The first-order valence-corrected chi connectivity index (χ1v) is 20.3. The van der Waals surface area contributed by atoms with E-state index in [1.54, 1.807) is 0 Å². The molecule has 0 atom stereocenters. The molecule has 276 valence electrons. The molecule has 0 N–H and O–H groups in total. The molecular weight excluding hydrogens is 711 g/mol. The lowest BCUT2D eigenvalue weighted by molar-refractivity contribution is 1.28. The van der Waals surface area contributed by atoms with Gasteiger partial charge >= 0.3 is 0 Å². The molecule has 59 heavy (non-hydrogen) atoms. The summed E-state index contributed by atoms with van der Waals surface area (Å²) in [5, 5.41) is 10.1. The van der Waals surface area contributed by atoms with Crippen molar-refractivity contribution in [2.45, 2.75) is 0 Å². The van der Waals surface area contributed by atoms with Crippen molar-refractivity contribution in [2.24, 2.45) is 0 Å². The maximum Gasteiger partial charge on any atom is 0.0540 e. The van der Waals surface area contributed by atoms with Gasteiger partial charge in [0.1, 0.15) is 0 Å². The van der Waals surface area contributed by atoms with E-state index >= 15 is 0 Å². The number of fused-ring (bicyclic) bond motifs is 6. The summed E-state index contributed by atoms with van der Waals surface area (Å²) >= 11 is 0. The van der Waals surface area contributed by atoms with Crippen molar-refractivity contribution < 1.29 is 0 Å². The fourth-order valence-corrected chi connectivity index (χ4v) is 8.88. The molecule has 0 saturated heterocycles. The van der Waals surface area contributed by atoms with E-state index in [9.17, 15) is 0 Å². The molecule has 0 aliphatic carbocycles. The molecule has 0 fully saturated rings. The van der Waals surface area contributed by atoms with Crippen molar-refractivity contribution >= 4 is 60.2 Å². The lowest BCUT2D eigenvalue weighted by Crippen LogP contribution is -2.12. The van der Waals surface area contributed by atoms with Crippen LogP contribution in [-0.2, 0) is 0 Å². The average Bonchev–Trinajstić information content (AvgIpc) is 3.32. The van der Waals surface area contributed by atoms with Crippen LogP contribution in [0.25, 0.3) is 87.6 Å². The van der Waals surface area contributed by atoms with Crippen LogP contribution in [0.15, 0.2) is 237 Å². The predicted octanol–water partition coefficient (Wildman–Crippen LogP) is 16.4. The number of benzene rings is 11. The van der Waals surface area contributed by atoms with Crippen LogP contribution in [-0.4, -0.2) is 0 Å². The van der Waals surface area contributed by atoms with E-state index in [0.29, 0.717) is 0 Å². The minimum absolute atomic E-state index is 1.09. The first-order valence-electron chi connectivity index (χ1n) is 20.3. The summed E-state index contributed by atoms with van der Waals surface area (Å²) in [7, 11) is 0. The summed E-state index contributed by atoms with van der Waals surface area (Å²) in [6, 6.07) is 86.3. The highest BCUT2D eigenvalue weighted by atomic mass is 15.1. The van der Waals surface area contributed by atoms with Gasteiger partial charge in [-0.05, 0) is 113 Å². The zero-order valence-electron chi connectivity index (χ0n) is 32.5. The van der Waals surface area contributed by atoms with E-state index in [4.69, 9.17) is 0 Å². The summed E-state index contributed by atoms with van der Waals surface area (Å²) in [6.07, 6.45) is 0. The largest absolute Gasteiger partial charge is 0.309 e. The topological polar surface area (TPSA) is 3.24 Å². The first-order chi connectivity index (χ1) is 29.2. The molecule has 0 aliphatic heterocycles. The van der Waals surface area contributed by atoms with Crippen molar-refractivity contribution in [3.63, 3.8) is 0 Å². The van der Waals surface area contributed by atoms with Crippen LogP contribution >= 0.6 is 0 Å². The molecule has 0 radical (unpaired) electrons. The Kier molecular flexibility index (Phi) is 8.56. The molecule has 0 unspecified atom stereocenters. The zero-order valence-corrected chi connectivity index (χ0v) is 32.5. The lowest BCUT2D eigenvalue weighted by atomic mass is 9.94. The maximum absolute atomic E-state index is 2.45. The SMILES string of the molecule is c1ccc(-c2ccc(-c3ccc(N(c4ccccc4-c4ccc5c(ccc6ccccc65)c4)c4ccccc4-c4ccc5c(ccc6ccccc65)c4)cc3)cc2)cc1. The van der Waals surface area contributed by atoms with E-state index < -0.39 is 0 Å². The predicted molar refractivity (Wildman–Crippen MR) is 253 cm³/mol. The molecule has 0 saturated carbocycles. The summed E-state index contributed by atoms with van der Waals surface area (Å²) in [5.41, 5.74) is 12.8. The third-order valence-electron chi connectivity index (χ3n) is 11.9. The van der Waals surface area contributed by atoms with Crippen LogP contribution in [0.2, 0.25) is 0 Å². The Hall–Kier alpha value is -7.74. The Morgan fingerprint density at radius 1 is 0.220 bits per heavy atom. The van der Waals surface area contributed by atoms with Crippen LogP contribution in [0, 0.1) is 0 Å². The Bertz CT molecular complexity index is 3140. The van der Waals surface area contributed by atoms with E-state index in [1.807, 2.05) is 0 Å². The van der Waals surface area contributed by atoms with Crippen LogP contribution in [0.5, 0.6) is 0 Å². The van der Waals surface area contributed by atoms with Crippen molar-refractivity contribution in [2.75, 3.05) is 4.90 Å². The van der Waals surface area contributed by atoms with Gasteiger partial charge in [0.2, 0.25) is 0 Å². The first kappa shape index (κ1) is 34.5. The highest BCUT2D eigenvalue weighted by molar-refractivity contribution is 6.10. The molecule has 0 amide bonds. The average molecular weight is 750 g/mol. The number of para-hydroxylation sites is 2. The summed E-state index contributed by atoms with van der Waals surface area (Å²) < 4.78 is 0. The van der Waals surface area contributed by atoms with Gasteiger partial charge in [0, 0.05) is 16.8 Å². The zero-order chi connectivity index (χ0) is 39.1. The van der Waals surface area contributed by atoms with Gasteiger partial charge in [0.05, 0.1) is 11.4 Å². The van der Waals surface area contributed by atoms with Gasteiger partial charge < -0.3 is 4.90 Å². The van der Waals surface area contributed by atoms with Crippen molar-refractivity contribution in [1.29, 1.82) is 0 Å². The smallest absolute Gasteiger partial charge is 0.0540 e. The number of hydrogen-bond donors (Lipinski definition) is 0. The maximum atomic E-state index is 2.45. The molecule has 11 rings (SSSR count). The fourth-order valence-electron chi connectivity index (χ4n) is 8.88. The van der Waals surface area contributed by atoms with E-state index in [1.165, 1.54) is 87.6 Å². The molecular formula is C58H39N. The minimum atomic E-state index is 1.09. The number of hydrogen-bond acceptors (Lipinski definition) is 1. The van der Waals surface area contributed by atoms with E-state index in [2.05, 4.69) is 241 Å². The summed E-state index contributed by atoms with van der Waals surface area (Å²) in [5.74, 6) is 0. The van der Waals surface area contributed by atoms with Gasteiger partial charge in [-0.25, -0.2) is 0 Å². The lowest BCUT2D eigenvalue weighted by Gasteiger charge is -2.30. The van der Waals surface area contributed by atoms with Crippen molar-refractivity contribution in [3.8, 4) is 44.5 Å². The molecule has 0 aromatic heterocycles. The normalized spacial score (nSPS) is 11.4. The Morgan fingerprint density at radius 2 is 0.576 bits per heavy atom. The molecule has 0 heterocycles. The number of nitrogens with zero attached hydrogens (tertiary/aromatic N) is 1. The second kappa shape index (κ2) is 14.6. The quantitative estimate of drug-likeness (QED) is 0.147. The van der Waals surface area contributed by atoms with Gasteiger partial charge in [-0.3, -0.25) is 0 Å². The third kappa shape index (κ3) is 6.30. The van der Waals surface area contributed by atoms with Crippen LogP contribution in [0.4, 0.5) is 17.1 Å². The van der Waals surface area contributed by atoms with E-state index in [0.717, 1.165) is 17.1 Å². The summed E-state index contributed by atoms with van der Waals surface area (Å²) in [4.78, 5) is 2.45. The van der Waals surface area contributed by atoms with Gasteiger partial charge in [0.15, 0.2) is 0 Å². The van der Waals surface area contributed by atoms with Gasteiger partial charge in [0.25, 0.3) is 0 Å². The van der Waals surface area contributed by atoms with E-state index in [-0.39, 0.29) is 0 Å². The second-order valence-corrected chi connectivity index (χ2v) is 15.3. The molecule has 0 aliphatic rings. The fraction of sp³-hybridized carbons (Fsp3) is 0. The van der Waals surface area contributed by atoms with Crippen LogP contribution < -0.4 is 4.90 Å². The van der Waals surface area contributed by atoms with Gasteiger partial charge in [-0.2, -0.15) is 0 Å². The Morgan fingerprint density at radius 3 is 1.08 bits per heavy atom. The molecule has 0 spiro atoms. The molecule has 1 heteroatoms. The van der Waals surface area contributed by atoms with Crippen molar-refractivity contribution in [3.05, 3.63) is 237 Å². The number of rotatable bonds is 7. The second-order valence-electron chi connectivity index (χ2n) is 15.3. The Labute approximate surface area is 344 Å². The molecule has 11 aromatic rings. The number of anilines is 3. The van der Waals surface area contributed by atoms with Crippen LogP contribution in [0.3, 0.4) is 0 Å². The molecule has 11 aromatic carbocycles.